The normalized spacial score (nSPS) is 20.1. The lowest BCUT2D eigenvalue weighted by Crippen LogP contribution is -2.37. The highest BCUT2D eigenvalue weighted by molar-refractivity contribution is 6.29. The fraction of sp³-hybridized carbons (Fsp3) is 0.333. The molecule has 0 spiro atoms. The Labute approximate surface area is 129 Å². The number of carbonyl (C=O) groups excluding carboxylic acids is 1. The van der Waals surface area contributed by atoms with Crippen molar-refractivity contribution >= 4 is 22.8 Å². The molecule has 0 heterocycles. The summed E-state index contributed by atoms with van der Waals surface area (Å²) in [6.07, 6.45) is 3.63. The van der Waals surface area contributed by atoms with E-state index in [2.05, 4.69) is 10.9 Å². The summed E-state index contributed by atoms with van der Waals surface area (Å²) in [6.45, 7) is 1.92. The van der Waals surface area contributed by atoms with E-state index in [1.807, 2.05) is 31.2 Å². The number of carbonyl (C=O) groups is 1. The maximum Gasteiger partial charge on any atom is 0.324 e. The van der Waals surface area contributed by atoms with Crippen molar-refractivity contribution in [3.63, 3.8) is 0 Å². The molecule has 1 unspecified atom stereocenters. The van der Waals surface area contributed by atoms with E-state index < -0.39 is 5.41 Å². The van der Waals surface area contributed by atoms with Crippen molar-refractivity contribution in [3.05, 3.63) is 47.0 Å². The van der Waals surface area contributed by atoms with Crippen LogP contribution in [-0.4, -0.2) is 23.9 Å². The Morgan fingerprint density at radius 1 is 1.36 bits per heavy atom. The molecule has 2 aromatic carbocycles. The van der Waals surface area contributed by atoms with Gasteiger partial charge in [0, 0.05) is 5.39 Å². The van der Waals surface area contributed by atoms with E-state index in [4.69, 9.17) is 10.3 Å². The van der Waals surface area contributed by atoms with Gasteiger partial charge in [-0.1, -0.05) is 24.3 Å². The van der Waals surface area contributed by atoms with Gasteiger partial charge in [-0.2, -0.15) is 4.79 Å². The van der Waals surface area contributed by atoms with E-state index in [9.17, 15) is 4.79 Å². The summed E-state index contributed by atoms with van der Waals surface area (Å²) in [5.74, 6) is 0.601. The number of benzene rings is 2. The number of ketones is 1. The molecular formula is C18H18N2O2. The van der Waals surface area contributed by atoms with Gasteiger partial charge in [-0.25, -0.2) is 0 Å². The molecule has 0 bridgehead atoms. The van der Waals surface area contributed by atoms with Crippen LogP contribution in [0.5, 0.6) is 5.75 Å². The molecule has 0 aliphatic heterocycles. The van der Waals surface area contributed by atoms with Crippen LogP contribution in [0.25, 0.3) is 16.3 Å². The fourth-order valence-corrected chi connectivity index (χ4v) is 3.54. The number of hydrogen-bond acceptors (Lipinski definition) is 2. The van der Waals surface area contributed by atoms with Gasteiger partial charge in [-0.05, 0) is 48.8 Å². The second kappa shape index (κ2) is 5.39. The minimum absolute atomic E-state index is 0.173. The lowest BCUT2D eigenvalue weighted by molar-refractivity contribution is -0.121. The van der Waals surface area contributed by atoms with Crippen LogP contribution < -0.4 is 4.74 Å². The number of ether oxygens (including phenoxy) is 1. The Bertz CT molecular complexity index is 806. The average molecular weight is 294 g/mol. The van der Waals surface area contributed by atoms with Gasteiger partial charge < -0.3 is 10.3 Å². The minimum atomic E-state index is -0.670. The van der Waals surface area contributed by atoms with E-state index in [1.165, 1.54) is 5.56 Å². The third-order valence-corrected chi connectivity index (χ3v) is 4.75. The highest BCUT2D eigenvalue weighted by Gasteiger charge is 2.41. The highest BCUT2D eigenvalue weighted by Crippen LogP contribution is 2.43. The van der Waals surface area contributed by atoms with Gasteiger partial charge in [0.25, 0.3) is 0 Å². The molecule has 0 amide bonds. The molecule has 4 nitrogen and oxygen atoms in total. The maximum atomic E-state index is 12.5. The lowest BCUT2D eigenvalue weighted by atomic mass is 9.68. The number of fused-ring (bicyclic) bond motifs is 3. The number of nitrogens with zero attached hydrogens (tertiary/aromatic N) is 2. The predicted octanol–water partition coefficient (Wildman–Crippen LogP) is 3.31. The van der Waals surface area contributed by atoms with Crippen molar-refractivity contribution in [2.75, 3.05) is 7.11 Å². The lowest BCUT2D eigenvalue weighted by Gasteiger charge is -2.33. The standard InChI is InChI=1S/C18H18N2O2/c1-18(17(21)11-20-19)9-5-8-13-12-6-3-4-7-14(12)16(22-2)10-15(13)18/h3-4,6-7,10-11H,5,8-9H2,1-2H3. The SMILES string of the molecule is COc1cc2c(c3ccccc13)CCCC2(C)C(=O)C=[N+]=[N-]. The van der Waals surface area contributed by atoms with Crippen LogP contribution in [0.2, 0.25) is 0 Å². The molecule has 1 aliphatic carbocycles. The molecule has 1 aliphatic rings. The first-order valence-electron chi connectivity index (χ1n) is 7.43. The zero-order valence-corrected chi connectivity index (χ0v) is 12.8. The van der Waals surface area contributed by atoms with Crippen LogP contribution >= 0.6 is 0 Å². The molecule has 0 aromatic heterocycles. The zero-order valence-electron chi connectivity index (χ0n) is 12.8. The Morgan fingerprint density at radius 2 is 2.09 bits per heavy atom. The van der Waals surface area contributed by atoms with Gasteiger partial charge in [0.05, 0.1) is 12.5 Å². The highest BCUT2D eigenvalue weighted by atomic mass is 16.5. The van der Waals surface area contributed by atoms with E-state index >= 15 is 0 Å². The van der Waals surface area contributed by atoms with Crippen LogP contribution in [0.15, 0.2) is 30.3 Å². The van der Waals surface area contributed by atoms with E-state index in [0.29, 0.717) is 0 Å². The van der Waals surface area contributed by atoms with Crippen LogP contribution in [0, 0.1) is 0 Å². The first-order chi connectivity index (χ1) is 10.6. The first kappa shape index (κ1) is 14.5. The van der Waals surface area contributed by atoms with E-state index in [1.54, 1.807) is 7.11 Å². The van der Waals surface area contributed by atoms with Crippen LogP contribution in [-0.2, 0) is 16.6 Å². The third-order valence-electron chi connectivity index (χ3n) is 4.75. The van der Waals surface area contributed by atoms with Crippen LogP contribution in [0.4, 0.5) is 0 Å². The van der Waals surface area contributed by atoms with Crippen molar-refractivity contribution in [1.82, 2.24) is 0 Å². The second-order valence-corrected chi connectivity index (χ2v) is 5.95. The predicted molar refractivity (Wildman–Crippen MR) is 85.5 cm³/mol. The zero-order chi connectivity index (χ0) is 15.7. The van der Waals surface area contributed by atoms with Crippen molar-refractivity contribution in [2.45, 2.75) is 31.6 Å². The van der Waals surface area contributed by atoms with E-state index in [-0.39, 0.29) is 5.78 Å². The molecule has 0 radical (unpaired) electrons. The molecule has 112 valence electrons. The quantitative estimate of drug-likeness (QED) is 0.495. The Balaban J connectivity index is 2.33. The largest absolute Gasteiger partial charge is 0.496 e. The Kier molecular flexibility index (Phi) is 3.55. The fourth-order valence-electron chi connectivity index (χ4n) is 3.54. The van der Waals surface area contributed by atoms with Gasteiger partial charge in [-0.3, -0.25) is 4.79 Å². The summed E-state index contributed by atoms with van der Waals surface area (Å²) in [7, 11) is 1.64. The molecule has 2 aromatic rings. The summed E-state index contributed by atoms with van der Waals surface area (Å²) in [6, 6.07) is 10.1. The summed E-state index contributed by atoms with van der Waals surface area (Å²) >= 11 is 0. The van der Waals surface area contributed by atoms with Gasteiger partial charge in [0.1, 0.15) is 5.75 Å². The van der Waals surface area contributed by atoms with E-state index in [0.717, 1.165) is 47.6 Å². The number of aryl methyl sites for hydroxylation is 1. The van der Waals surface area contributed by atoms with Crippen molar-refractivity contribution in [1.29, 1.82) is 0 Å². The number of hydrogen-bond donors (Lipinski definition) is 0. The third kappa shape index (κ3) is 2.04. The maximum absolute atomic E-state index is 12.5. The summed E-state index contributed by atoms with van der Waals surface area (Å²) in [5, 5.41) is 2.20. The van der Waals surface area contributed by atoms with Crippen molar-refractivity contribution in [2.24, 2.45) is 0 Å². The van der Waals surface area contributed by atoms with Gasteiger partial charge >= 0.3 is 6.21 Å². The molecule has 4 heteroatoms. The van der Waals surface area contributed by atoms with Gasteiger partial charge in [0.2, 0.25) is 5.78 Å². The second-order valence-electron chi connectivity index (χ2n) is 5.95. The van der Waals surface area contributed by atoms with Crippen LogP contribution in [0.1, 0.15) is 30.9 Å². The first-order valence-corrected chi connectivity index (χ1v) is 7.43. The smallest absolute Gasteiger partial charge is 0.324 e. The molecular weight excluding hydrogens is 276 g/mol. The van der Waals surface area contributed by atoms with Crippen LogP contribution in [0.3, 0.4) is 0 Å². The molecule has 1 atom stereocenters. The van der Waals surface area contributed by atoms with Gasteiger partial charge in [0.15, 0.2) is 0 Å². The summed E-state index contributed by atoms with van der Waals surface area (Å²) in [5.41, 5.74) is 10.2. The topological polar surface area (TPSA) is 62.7 Å². The monoisotopic (exact) mass is 294 g/mol. The summed E-state index contributed by atoms with van der Waals surface area (Å²) < 4.78 is 5.53. The molecule has 0 saturated carbocycles. The summed E-state index contributed by atoms with van der Waals surface area (Å²) in [4.78, 5) is 15.4. The Hall–Kier alpha value is -2.45. The number of methoxy groups -OCH3 is 1. The van der Waals surface area contributed by atoms with Crippen molar-refractivity contribution < 1.29 is 14.3 Å². The molecule has 3 rings (SSSR count). The minimum Gasteiger partial charge on any atom is -0.496 e. The Morgan fingerprint density at radius 3 is 2.77 bits per heavy atom. The molecule has 0 fully saturated rings. The molecule has 22 heavy (non-hydrogen) atoms. The van der Waals surface area contributed by atoms with Crippen molar-refractivity contribution in [3.8, 4) is 5.75 Å². The molecule has 0 saturated heterocycles. The van der Waals surface area contributed by atoms with Gasteiger partial charge in [-0.15, -0.1) is 0 Å². The average Bonchev–Trinajstić information content (AvgIpc) is 2.55. The molecule has 0 N–H and O–H groups in total. The number of Topliss-reactive ketones (excluding diaryl/α,β-unsaturated/α-hetero) is 1. The number of rotatable bonds is 3.